The number of nitriles is 1. The first-order valence-electron chi connectivity index (χ1n) is 11.1. The van der Waals surface area contributed by atoms with Gasteiger partial charge in [-0.25, -0.2) is 9.97 Å². The molecule has 1 spiro atoms. The van der Waals surface area contributed by atoms with E-state index in [9.17, 15) is 14.9 Å². The van der Waals surface area contributed by atoms with Crippen LogP contribution in [0.5, 0.6) is 0 Å². The molecule has 1 atom stereocenters. The Bertz CT molecular complexity index is 1110. The molecule has 2 amide bonds. The van der Waals surface area contributed by atoms with Crippen molar-refractivity contribution in [3.05, 3.63) is 35.3 Å². The lowest BCUT2D eigenvalue weighted by atomic mass is 9.83. The molecule has 2 aliphatic heterocycles. The Morgan fingerprint density at radius 1 is 1.25 bits per heavy atom. The summed E-state index contributed by atoms with van der Waals surface area (Å²) in [5, 5.41) is 16.0. The summed E-state index contributed by atoms with van der Waals surface area (Å²) in [5.74, 6) is -0.0184. The lowest BCUT2D eigenvalue weighted by molar-refractivity contribution is -0.143. The molecule has 0 saturated carbocycles. The van der Waals surface area contributed by atoms with E-state index in [-0.39, 0.29) is 23.1 Å². The summed E-state index contributed by atoms with van der Waals surface area (Å²) >= 11 is 0. The van der Waals surface area contributed by atoms with Gasteiger partial charge in [0.2, 0.25) is 17.6 Å². The van der Waals surface area contributed by atoms with Crippen LogP contribution in [0.1, 0.15) is 57.5 Å². The highest BCUT2D eigenvalue weighted by atomic mass is 16.2. The van der Waals surface area contributed by atoms with Crippen molar-refractivity contribution in [1.29, 1.82) is 5.26 Å². The van der Waals surface area contributed by atoms with Gasteiger partial charge in [0.15, 0.2) is 0 Å². The zero-order valence-electron chi connectivity index (χ0n) is 19.2. The molecule has 32 heavy (non-hydrogen) atoms. The second kappa shape index (κ2) is 8.14. The van der Waals surface area contributed by atoms with E-state index >= 15 is 0 Å². The van der Waals surface area contributed by atoms with Gasteiger partial charge in [-0.05, 0) is 42.7 Å². The number of amides is 2. The third-order valence-corrected chi connectivity index (χ3v) is 6.40. The lowest BCUT2D eigenvalue weighted by Crippen LogP contribution is -2.71. The molecule has 2 aliphatic rings. The highest BCUT2D eigenvalue weighted by Crippen LogP contribution is 2.31. The van der Waals surface area contributed by atoms with Gasteiger partial charge in [0.1, 0.15) is 17.6 Å². The summed E-state index contributed by atoms with van der Waals surface area (Å²) in [6, 6.07) is 5.70. The maximum Gasteiger partial charge on any atom is 0.246 e. The first-order valence-corrected chi connectivity index (χ1v) is 11.1. The molecule has 4 rings (SSSR count). The summed E-state index contributed by atoms with van der Waals surface area (Å²) in [5.41, 5.74) is 2.41. The molecule has 2 N–H and O–H groups in total. The summed E-state index contributed by atoms with van der Waals surface area (Å²) in [6.45, 7) is 10.4. The molecule has 2 saturated heterocycles. The number of hydrogen-bond acceptors (Lipinski definition) is 6. The number of nitrogens with one attached hydrogen (secondary N) is 2. The molecule has 0 radical (unpaired) electrons. The molecule has 1 aromatic carbocycles. The van der Waals surface area contributed by atoms with Crippen molar-refractivity contribution in [2.45, 2.75) is 65.1 Å². The molecule has 168 valence electrons. The number of benzene rings is 1. The SMILES string of the molecule is CC1NC(=O)C2(CCN(Cc3ccc4cnc(C#N)nc4c3CC(C)(C)C)CC2)NC1=O. The Morgan fingerprint density at radius 3 is 2.62 bits per heavy atom. The minimum absolute atomic E-state index is 0.0495. The molecule has 0 aliphatic carbocycles. The monoisotopic (exact) mass is 434 g/mol. The van der Waals surface area contributed by atoms with Crippen LogP contribution < -0.4 is 10.6 Å². The number of piperidine rings is 1. The Balaban J connectivity index is 1.58. The predicted molar refractivity (Wildman–Crippen MR) is 120 cm³/mol. The normalized spacial score (nSPS) is 21.3. The number of rotatable bonds is 3. The van der Waals surface area contributed by atoms with Gasteiger partial charge in [-0.3, -0.25) is 14.5 Å². The summed E-state index contributed by atoms with van der Waals surface area (Å²) in [4.78, 5) is 35.8. The van der Waals surface area contributed by atoms with Crippen LogP contribution >= 0.6 is 0 Å². The highest BCUT2D eigenvalue weighted by molar-refractivity contribution is 5.99. The number of hydrogen-bond donors (Lipinski definition) is 2. The van der Waals surface area contributed by atoms with Crippen molar-refractivity contribution < 1.29 is 9.59 Å². The van der Waals surface area contributed by atoms with E-state index in [4.69, 9.17) is 0 Å². The van der Waals surface area contributed by atoms with Gasteiger partial charge in [0.05, 0.1) is 5.52 Å². The average molecular weight is 435 g/mol. The van der Waals surface area contributed by atoms with Crippen LogP contribution in [-0.2, 0) is 22.6 Å². The average Bonchev–Trinajstić information content (AvgIpc) is 2.74. The van der Waals surface area contributed by atoms with E-state index in [1.807, 2.05) is 12.1 Å². The smallest absolute Gasteiger partial charge is 0.246 e. The fourth-order valence-electron chi connectivity index (χ4n) is 4.61. The second-order valence-electron chi connectivity index (χ2n) is 10.2. The van der Waals surface area contributed by atoms with Crippen LogP contribution in [0, 0.1) is 16.7 Å². The van der Waals surface area contributed by atoms with E-state index in [0.717, 1.165) is 29.4 Å². The van der Waals surface area contributed by atoms with Crippen LogP contribution in [0.15, 0.2) is 18.3 Å². The minimum Gasteiger partial charge on any atom is -0.343 e. The van der Waals surface area contributed by atoms with Gasteiger partial charge in [0, 0.05) is 31.2 Å². The van der Waals surface area contributed by atoms with Crippen LogP contribution in [0.3, 0.4) is 0 Å². The zero-order chi connectivity index (χ0) is 23.1. The van der Waals surface area contributed by atoms with Gasteiger partial charge in [-0.1, -0.05) is 32.9 Å². The fourth-order valence-corrected chi connectivity index (χ4v) is 4.61. The fraction of sp³-hybridized carbons (Fsp3) is 0.542. The van der Waals surface area contributed by atoms with Gasteiger partial charge in [0.25, 0.3) is 0 Å². The second-order valence-corrected chi connectivity index (χ2v) is 10.2. The predicted octanol–water partition coefficient (Wildman–Crippen LogP) is 2.06. The number of aromatic nitrogens is 2. The van der Waals surface area contributed by atoms with Crippen LogP contribution in [-0.4, -0.2) is 51.4 Å². The Kier molecular flexibility index (Phi) is 5.63. The summed E-state index contributed by atoms with van der Waals surface area (Å²) in [6.07, 6.45) is 3.71. The topological polar surface area (TPSA) is 111 Å². The first kappa shape index (κ1) is 22.2. The molecular formula is C24H30N6O2. The Labute approximate surface area is 188 Å². The molecule has 1 aromatic heterocycles. The van der Waals surface area contributed by atoms with Gasteiger partial charge in [-0.2, -0.15) is 5.26 Å². The van der Waals surface area contributed by atoms with Crippen LogP contribution in [0.4, 0.5) is 0 Å². The summed E-state index contributed by atoms with van der Waals surface area (Å²) < 4.78 is 0. The first-order chi connectivity index (χ1) is 15.1. The third kappa shape index (κ3) is 4.30. The van der Waals surface area contributed by atoms with Gasteiger partial charge in [-0.15, -0.1) is 0 Å². The minimum atomic E-state index is -0.799. The molecule has 8 nitrogen and oxygen atoms in total. The quantitative estimate of drug-likeness (QED) is 0.765. The molecule has 2 fully saturated rings. The number of likely N-dealkylation sites (tertiary alicyclic amines) is 1. The van der Waals surface area contributed by atoms with E-state index in [0.29, 0.717) is 25.9 Å². The van der Waals surface area contributed by atoms with Crippen molar-refractivity contribution in [2.24, 2.45) is 5.41 Å². The molecule has 1 unspecified atom stereocenters. The van der Waals surface area contributed by atoms with E-state index < -0.39 is 11.6 Å². The molecule has 2 aromatic rings. The Morgan fingerprint density at radius 2 is 1.97 bits per heavy atom. The zero-order valence-corrected chi connectivity index (χ0v) is 19.2. The molecular weight excluding hydrogens is 404 g/mol. The Hall–Kier alpha value is -3.05. The van der Waals surface area contributed by atoms with Gasteiger partial charge < -0.3 is 10.6 Å². The van der Waals surface area contributed by atoms with E-state index in [1.54, 1.807) is 13.1 Å². The number of piperazine rings is 1. The van der Waals surface area contributed by atoms with Crippen molar-refractivity contribution in [3.63, 3.8) is 0 Å². The standard InChI is InChI=1S/C24H30N6O2/c1-15-21(31)29-24(22(32)27-15)7-9-30(10-8-24)14-17-6-5-16-13-26-19(12-25)28-20(16)18(17)11-23(2,3)4/h5-6,13,15H,7-11,14H2,1-4H3,(H,27,32)(H,29,31). The largest absolute Gasteiger partial charge is 0.343 e. The van der Waals surface area contributed by atoms with Crippen molar-refractivity contribution in [2.75, 3.05) is 13.1 Å². The number of carbonyl (C=O) groups is 2. The highest BCUT2D eigenvalue weighted by Gasteiger charge is 2.47. The van der Waals surface area contributed by atoms with Gasteiger partial charge >= 0.3 is 0 Å². The van der Waals surface area contributed by atoms with Crippen molar-refractivity contribution in [3.8, 4) is 6.07 Å². The molecule has 8 heteroatoms. The van der Waals surface area contributed by atoms with Crippen molar-refractivity contribution in [1.82, 2.24) is 25.5 Å². The van der Waals surface area contributed by atoms with Crippen LogP contribution in [0.2, 0.25) is 0 Å². The van der Waals surface area contributed by atoms with Crippen LogP contribution in [0.25, 0.3) is 10.9 Å². The van der Waals surface area contributed by atoms with E-state index in [2.05, 4.69) is 52.3 Å². The third-order valence-electron chi connectivity index (χ3n) is 6.40. The molecule has 0 bridgehead atoms. The molecule has 3 heterocycles. The number of fused-ring (bicyclic) bond motifs is 1. The maximum atomic E-state index is 12.6. The lowest BCUT2D eigenvalue weighted by Gasteiger charge is -2.44. The maximum absolute atomic E-state index is 12.6. The van der Waals surface area contributed by atoms with Crippen molar-refractivity contribution >= 4 is 22.7 Å². The number of nitrogens with zero attached hydrogens (tertiary/aromatic N) is 4. The summed E-state index contributed by atoms with van der Waals surface area (Å²) in [7, 11) is 0. The van der Waals surface area contributed by atoms with E-state index in [1.165, 1.54) is 5.56 Å². The number of carbonyl (C=O) groups excluding carboxylic acids is 2.